The van der Waals surface area contributed by atoms with E-state index in [1.54, 1.807) is 6.42 Å². The molecule has 0 atom stereocenters. The molecule has 0 aromatic carbocycles. The van der Waals surface area contributed by atoms with Crippen molar-refractivity contribution in [2.75, 3.05) is 0 Å². The molecule has 0 unspecified atom stereocenters. The number of hydrogen-bond donors (Lipinski definition) is 0. The third-order valence-electron chi connectivity index (χ3n) is 1.17. The van der Waals surface area contributed by atoms with Crippen LogP contribution in [-0.2, 0) is 9.59 Å². The van der Waals surface area contributed by atoms with Gasteiger partial charge in [0.1, 0.15) is 25.0 Å². The number of carbonyl (C=O) groups is 2. The topological polar surface area (TPSA) is 34.1 Å². The van der Waals surface area contributed by atoms with Gasteiger partial charge in [-0.3, -0.25) is 4.79 Å². The van der Waals surface area contributed by atoms with Crippen LogP contribution in [0.2, 0.25) is 0 Å². The first-order valence-corrected chi connectivity index (χ1v) is 2.67. The molecular weight excluding hydrogens is 104 g/mol. The first kappa shape index (κ1) is 5.35. The van der Waals surface area contributed by atoms with Crippen molar-refractivity contribution in [1.29, 1.82) is 0 Å². The summed E-state index contributed by atoms with van der Waals surface area (Å²) in [7, 11) is 0. The monoisotopic (exact) mass is 111 g/mol. The zero-order valence-electron chi connectivity index (χ0n) is 4.52. The van der Waals surface area contributed by atoms with Crippen LogP contribution in [0.3, 0.4) is 0 Å². The molecule has 0 N–H and O–H groups in total. The molecule has 1 rings (SSSR count). The molecule has 0 radical (unpaired) electrons. The van der Waals surface area contributed by atoms with Gasteiger partial charge >= 0.3 is 5.78 Å². The van der Waals surface area contributed by atoms with Gasteiger partial charge in [-0.25, -0.2) is 4.79 Å². The van der Waals surface area contributed by atoms with Crippen molar-refractivity contribution in [3.05, 3.63) is 6.42 Å². The lowest BCUT2D eigenvalue weighted by atomic mass is 9.98. The molecule has 2 nitrogen and oxygen atoms in total. The summed E-state index contributed by atoms with van der Waals surface area (Å²) in [6.07, 6.45) is 2.94. The summed E-state index contributed by atoms with van der Waals surface area (Å²) in [5.41, 5.74) is 0. The smallest absolute Gasteiger partial charge is 0.299 e. The number of ketones is 2. The second kappa shape index (κ2) is 1.99. The Morgan fingerprint density at radius 3 is 2.50 bits per heavy atom. The first-order chi connectivity index (χ1) is 3.79. The van der Waals surface area contributed by atoms with E-state index in [0.29, 0.717) is 12.8 Å². The van der Waals surface area contributed by atoms with Crippen LogP contribution in [0.1, 0.15) is 19.3 Å². The predicted molar refractivity (Wildman–Crippen MR) is 28.2 cm³/mol. The fourth-order valence-corrected chi connectivity index (χ4v) is 0.749. The second-order valence-electron chi connectivity index (χ2n) is 1.92. The van der Waals surface area contributed by atoms with E-state index in [-0.39, 0.29) is 18.0 Å². The average molecular weight is 111 g/mol. The van der Waals surface area contributed by atoms with Gasteiger partial charge in [-0.2, -0.15) is 0 Å². The van der Waals surface area contributed by atoms with E-state index >= 15 is 0 Å². The fourth-order valence-electron chi connectivity index (χ4n) is 0.749. The van der Waals surface area contributed by atoms with E-state index in [0.717, 1.165) is 0 Å². The van der Waals surface area contributed by atoms with Crippen LogP contribution < -0.4 is 0 Å². The molecule has 0 aliphatic heterocycles. The highest BCUT2D eigenvalue weighted by Gasteiger charge is 2.23. The normalized spacial score (nSPS) is 20.5. The van der Waals surface area contributed by atoms with E-state index in [2.05, 4.69) is 0 Å². The summed E-state index contributed by atoms with van der Waals surface area (Å²) in [6.45, 7) is 0. The lowest BCUT2D eigenvalue weighted by molar-refractivity contribution is -0.127. The van der Waals surface area contributed by atoms with Crippen molar-refractivity contribution in [1.82, 2.24) is 0 Å². The number of Topliss-reactive ketones (excluding diaryl/α,β-unsaturated/α-hetero) is 2. The standard InChI is InChI=1S/C6H7O2/c7-5-2-1-3-6(8)4-5/h2H,1,3-4H2/q+1. The van der Waals surface area contributed by atoms with Gasteiger partial charge in [0, 0.05) is 6.42 Å². The van der Waals surface area contributed by atoms with Gasteiger partial charge in [0.15, 0.2) is 0 Å². The van der Waals surface area contributed by atoms with Crippen LogP contribution in [0.25, 0.3) is 0 Å². The van der Waals surface area contributed by atoms with Crippen molar-refractivity contribution >= 4 is 11.6 Å². The molecule has 0 amide bonds. The van der Waals surface area contributed by atoms with Gasteiger partial charge in [0.2, 0.25) is 0 Å². The molecule has 1 aliphatic carbocycles. The molecule has 1 saturated carbocycles. The Hall–Kier alpha value is -0.790. The maximum absolute atomic E-state index is 10.4. The zero-order valence-corrected chi connectivity index (χ0v) is 4.52. The Balaban J connectivity index is 2.45. The average Bonchev–Trinajstić information content (AvgIpc) is 1.64. The van der Waals surface area contributed by atoms with Gasteiger partial charge in [-0.15, -0.1) is 0 Å². The number of carbonyl (C=O) groups excluding carboxylic acids is 2. The van der Waals surface area contributed by atoms with Crippen LogP contribution >= 0.6 is 0 Å². The SMILES string of the molecule is O=C1[CH+]CCC(=O)C1. The third-order valence-corrected chi connectivity index (χ3v) is 1.17. The molecule has 2 heteroatoms. The zero-order chi connectivity index (χ0) is 5.98. The summed E-state index contributed by atoms with van der Waals surface area (Å²) in [4.78, 5) is 20.8. The quantitative estimate of drug-likeness (QED) is 0.337. The molecule has 0 heterocycles. The summed E-state index contributed by atoms with van der Waals surface area (Å²) in [5, 5.41) is 0. The minimum absolute atomic E-state index is 0.0127. The minimum Gasteiger partial charge on any atom is -0.299 e. The molecule has 0 aromatic rings. The molecule has 42 valence electrons. The van der Waals surface area contributed by atoms with Crippen LogP contribution in [0, 0.1) is 6.42 Å². The van der Waals surface area contributed by atoms with Gasteiger partial charge in [-0.05, 0) is 0 Å². The van der Waals surface area contributed by atoms with Crippen LogP contribution in [-0.4, -0.2) is 11.6 Å². The molecule has 8 heavy (non-hydrogen) atoms. The van der Waals surface area contributed by atoms with E-state index in [9.17, 15) is 9.59 Å². The Kier molecular flexibility index (Phi) is 1.33. The minimum atomic E-state index is -0.0127. The van der Waals surface area contributed by atoms with E-state index in [1.165, 1.54) is 0 Å². The van der Waals surface area contributed by atoms with Crippen LogP contribution in [0.4, 0.5) is 0 Å². The van der Waals surface area contributed by atoms with Gasteiger partial charge in [0.25, 0.3) is 0 Å². The predicted octanol–water partition coefficient (Wildman–Crippen LogP) is 0.513. The van der Waals surface area contributed by atoms with Crippen molar-refractivity contribution in [2.45, 2.75) is 19.3 Å². The van der Waals surface area contributed by atoms with E-state index < -0.39 is 0 Å². The maximum atomic E-state index is 10.4. The second-order valence-corrected chi connectivity index (χ2v) is 1.92. The van der Waals surface area contributed by atoms with Gasteiger partial charge in [0.05, 0.1) is 0 Å². The van der Waals surface area contributed by atoms with E-state index in [4.69, 9.17) is 0 Å². The van der Waals surface area contributed by atoms with Crippen molar-refractivity contribution in [2.24, 2.45) is 0 Å². The maximum Gasteiger partial charge on any atom is 0.313 e. The molecule has 1 fully saturated rings. The van der Waals surface area contributed by atoms with Gasteiger partial charge in [-0.1, -0.05) is 0 Å². The van der Waals surface area contributed by atoms with Crippen molar-refractivity contribution < 1.29 is 9.59 Å². The summed E-state index contributed by atoms with van der Waals surface area (Å²) >= 11 is 0. The van der Waals surface area contributed by atoms with E-state index in [1.807, 2.05) is 0 Å². The first-order valence-electron chi connectivity index (χ1n) is 2.67. The van der Waals surface area contributed by atoms with Crippen LogP contribution in [0.15, 0.2) is 0 Å². The highest BCUT2D eigenvalue weighted by Crippen LogP contribution is 2.08. The third kappa shape index (κ3) is 1.09. The number of rotatable bonds is 0. The number of hydrogen-bond acceptors (Lipinski definition) is 2. The Morgan fingerprint density at radius 1 is 1.38 bits per heavy atom. The Bertz CT molecular complexity index is 112. The molecular formula is C6H7O2+. The molecule has 1 aliphatic rings. The summed E-state index contributed by atoms with van der Waals surface area (Å²) < 4.78 is 0. The van der Waals surface area contributed by atoms with Crippen molar-refractivity contribution in [3.8, 4) is 0 Å². The molecule has 0 saturated heterocycles. The highest BCUT2D eigenvalue weighted by atomic mass is 16.1. The lowest BCUT2D eigenvalue weighted by Gasteiger charge is -1.96. The largest absolute Gasteiger partial charge is 0.313 e. The lowest BCUT2D eigenvalue weighted by Crippen LogP contribution is -2.14. The summed E-state index contributed by atoms with van der Waals surface area (Å²) in [5.74, 6) is 0.0683. The fraction of sp³-hybridized carbons (Fsp3) is 0.500. The van der Waals surface area contributed by atoms with Crippen LogP contribution in [0.5, 0.6) is 0 Å². The molecule has 0 bridgehead atoms. The Labute approximate surface area is 47.9 Å². The molecule has 0 aromatic heterocycles. The van der Waals surface area contributed by atoms with Crippen molar-refractivity contribution in [3.63, 3.8) is 0 Å². The summed E-state index contributed by atoms with van der Waals surface area (Å²) in [6, 6.07) is 0. The Morgan fingerprint density at radius 2 is 2.12 bits per heavy atom. The molecule has 0 spiro atoms. The van der Waals surface area contributed by atoms with Gasteiger partial charge < -0.3 is 0 Å². The highest BCUT2D eigenvalue weighted by molar-refractivity contribution is 6.05.